The fourth-order valence-electron chi connectivity index (χ4n) is 3.26. The Bertz CT molecular complexity index is 629. The van der Waals surface area contributed by atoms with Crippen LogP contribution < -0.4 is 5.32 Å². The van der Waals surface area contributed by atoms with Gasteiger partial charge in [-0.05, 0) is 62.4 Å². The Kier molecular flexibility index (Phi) is 3.28. The Morgan fingerprint density at radius 1 is 1.21 bits per heavy atom. The van der Waals surface area contributed by atoms with Gasteiger partial charge in [0.05, 0.1) is 5.52 Å². The maximum absolute atomic E-state index is 4.94. The summed E-state index contributed by atoms with van der Waals surface area (Å²) in [4.78, 5) is 4.94. The van der Waals surface area contributed by atoms with Crippen LogP contribution in [-0.4, -0.2) is 11.5 Å². The van der Waals surface area contributed by atoms with Crippen LogP contribution >= 0.6 is 0 Å². The molecular weight excluding hydrogens is 232 g/mol. The second-order valence-electron chi connectivity index (χ2n) is 5.63. The summed E-state index contributed by atoms with van der Waals surface area (Å²) < 4.78 is 0. The van der Waals surface area contributed by atoms with Gasteiger partial charge in [0.1, 0.15) is 0 Å². The predicted octanol–water partition coefficient (Wildman–Crippen LogP) is 3.45. The monoisotopic (exact) mass is 254 g/mol. The number of benzene rings is 1. The van der Waals surface area contributed by atoms with Crippen LogP contribution in [0.4, 0.5) is 0 Å². The van der Waals surface area contributed by atoms with Crippen molar-refractivity contribution in [2.75, 3.05) is 6.54 Å². The van der Waals surface area contributed by atoms with Crippen molar-refractivity contribution in [2.24, 2.45) is 0 Å². The molecule has 0 bridgehead atoms. The number of nitrogens with zero attached hydrogens (tertiary/aromatic N) is 1. The maximum atomic E-state index is 4.94. The number of fused-ring (bicyclic) bond motifs is 2. The topological polar surface area (TPSA) is 24.9 Å². The summed E-state index contributed by atoms with van der Waals surface area (Å²) in [6, 6.07) is 4.55. The molecule has 19 heavy (non-hydrogen) atoms. The van der Waals surface area contributed by atoms with E-state index in [1.54, 1.807) is 0 Å². The van der Waals surface area contributed by atoms with Gasteiger partial charge < -0.3 is 5.32 Å². The minimum atomic E-state index is 0.973. The Morgan fingerprint density at radius 2 is 2.05 bits per heavy atom. The smallest absolute Gasteiger partial charge is 0.0738 e. The summed E-state index contributed by atoms with van der Waals surface area (Å²) in [7, 11) is 0. The summed E-state index contributed by atoms with van der Waals surface area (Å²) >= 11 is 0. The lowest BCUT2D eigenvalue weighted by molar-refractivity contribution is 0.724. The van der Waals surface area contributed by atoms with Gasteiger partial charge in [-0.3, -0.25) is 4.98 Å². The average molecular weight is 254 g/mol. The molecule has 0 amide bonds. The van der Waals surface area contributed by atoms with Crippen molar-refractivity contribution in [3.05, 3.63) is 40.1 Å². The van der Waals surface area contributed by atoms with Crippen molar-refractivity contribution in [1.29, 1.82) is 0 Å². The van der Waals surface area contributed by atoms with E-state index >= 15 is 0 Å². The van der Waals surface area contributed by atoms with Crippen molar-refractivity contribution in [3.63, 3.8) is 0 Å². The van der Waals surface area contributed by atoms with Crippen LogP contribution in [0.2, 0.25) is 0 Å². The van der Waals surface area contributed by atoms with E-state index < -0.39 is 0 Å². The first-order valence-corrected chi connectivity index (χ1v) is 7.33. The molecule has 0 unspecified atom stereocenters. The van der Waals surface area contributed by atoms with E-state index in [0.717, 1.165) is 19.5 Å². The lowest BCUT2D eigenvalue weighted by Gasteiger charge is -2.15. The highest BCUT2D eigenvalue weighted by Gasteiger charge is 2.19. The molecule has 1 aliphatic carbocycles. The zero-order valence-corrected chi connectivity index (χ0v) is 12.1. The number of nitrogens with one attached hydrogen (secondary N) is 1. The molecular formula is C17H22N2. The number of rotatable bonds is 3. The van der Waals surface area contributed by atoms with E-state index in [9.17, 15) is 0 Å². The third-order valence-electron chi connectivity index (χ3n) is 4.12. The summed E-state index contributed by atoms with van der Waals surface area (Å²) in [5, 5.41) is 4.86. The van der Waals surface area contributed by atoms with Gasteiger partial charge in [-0.25, -0.2) is 0 Å². The fourth-order valence-corrected chi connectivity index (χ4v) is 3.26. The number of aryl methyl sites for hydroxylation is 3. The van der Waals surface area contributed by atoms with Crippen molar-refractivity contribution in [3.8, 4) is 0 Å². The number of hydrogen-bond donors (Lipinski definition) is 1. The predicted molar refractivity (Wildman–Crippen MR) is 80.6 cm³/mol. The van der Waals surface area contributed by atoms with Gasteiger partial charge in [0, 0.05) is 17.6 Å². The highest BCUT2D eigenvalue weighted by molar-refractivity contribution is 5.87. The van der Waals surface area contributed by atoms with Crippen molar-refractivity contribution < 1.29 is 0 Å². The van der Waals surface area contributed by atoms with E-state index in [1.165, 1.54) is 51.7 Å². The zero-order chi connectivity index (χ0) is 13.4. The molecule has 1 aromatic heterocycles. The van der Waals surface area contributed by atoms with Crippen LogP contribution in [-0.2, 0) is 19.4 Å². The Labute approximate surface area is 115 Å². The summed E-state index contributed by atoms with van der Waals surface area (Å²) in [6.45, 7) is 8.52. The van der Waals surface area contributed by atoms with Gasteiger partial charge >= 0.3 is 0 Å². The minimum Gasteiger partial charge on any atom is -0.313 e. The highest BCUT2D eigenvalue weighted by atomic mass is 14.8. The van der Waals surface area contributed by atoms with Gasteiger partial charge in [-0.2, -0.15) is 0 Å². The highest BCUT2D eigenvalue weighted by Crippen LogP contribution is 2.31. The third-order valence-corrected chi connectivity index (χ3v) is 4.12. The quantitative estimate of drug-likeness (QED) is 0.907. The molecule has 0 aliphatic heterocycles. The van der Waals surface area contributed by atoms with E-state index in [2.05, 4.69) is 38.2 Å². The number of aromatic nitrogens is 1. The molecule has 100 valence electrons. The number of hydrogen-bond acceptors (Lipinski definition) is 2. The van der Waals surface area contributed by atoms with Gasteiger partial charge in [-0.1, -0.05) is 18.6 Å². The van der Waals surface area contributed by atoms with Crippen LogP contribution in [0.25, 0.3) is 10.9 Å². The van der Waals surface area contributed by atoms with Gasteiger partial charge in [0.15, 0.2) is 0 Å². The van der Waals surface area contributed by atoms with Crippen molar-refractivity contribution >= 4 is 10.9 Å². The van der Waals surface area contributed by atoms with E-state index in [1.807, 2.05) is 0 Å². The lowest BCUT2D eigenvalue weighted by Crippen LogP contribution is -2.14. The Hall–Kier alpha value is -1.41. The zero-order valence-electron chi connectivity index (χ0n) is 12.1. The van der Waals surface area contributed by atoms with E-state index in [4.69, 9.17) is 4.98 Å². The van der Waals surface area contributed by atoms with E-state index in [-0.39, 0.29) is 0 Å². The van der Waals surface area contributed by atoms with Crippen LogP contribution in [0.5, 0.6) is 0 Å². The van der Waals surface area contributed by atoms with Gasteiger partial charge in [-0.15, -0.1) is 0 Å². The largest absolute Gasteiger partial charge is 0.313 e. The third kappa shape index (κ3) is 2.14. The molecule has 0 atom stereocenters. The molecule has 1 N–H and O–H groups in total. The molecule has 3 rings (SSSR count). The minimum absolute atomic E-state index is 0.973. The maximum Gasteiger partial charge on any atom is 0.0738 e. The Morgan fingerprint density at radius 3 is 2.84 bits per heavy atom. The first-order chi connectivity index (χ1) is 9.20. The standard InChI is InChI=1S/C17H22N2/c1-4-18-10-15-13-6-5-7-16(13)19-17-12(3)8-11(2)9-14(15)17/h8-9,18H,4-7,10H2,1-3H3. The SMILES string of the molecule is CCNCc1c2c(nc3c(C)cc(C)cc13)CCC2. The second kappa shape index (κ2) is 4.93. The van der Waals surface area contributed by atoms with E-state index in [0.29, 0.717) is 0 Å². The first-order valence-electron chi connectivity index (χ1n) is 7.33. The molecule has 2 heteroatoms. The first kappa shape index (κ1) is 12.6. The molecule has 1 aliphatic rings. The number of pyridine rings is 1. The molecule has 2 nitrogen and oxygen atoms in total. The molecule has 0 radical (unpaired) electrons. The van der Waals surface area contributed by atoms with Gasteiger partial charge in [0.25, 0.3) is 0 Å². The average Bonchev–Trinajstić information content (AvgIpc) is 2.83. The lowest BCUT2D eigenvalue weighted by atomic mass is 9.97. The second-order valence-corrected chi connectivity index (χ2v) is 5.63. The molecule has 1 aromatic carbocycles. The molecule has 0 fully saturated rings. The normalized spacial score (nSPS) is 14.1. The van der Waals surface area contributed by atoms with Crippen LogP contribution in [0.3, 0.4) is 0 Å². The summed E-state index contributed by atoms with van der Waals surface area (Å²) in [5.74, 6) is 0. The Balaban J connectivity index is 2.28. The van der Waals surface area contributed by atoms with Crippen molar-refractivity contribution in [1.82, 2.24) is 10.3 Å². The summed E-state index contributed by atoms with van der Waals surface area (Å²) in [6.07, 6.45) is 3.61. The molecule has 0 spiro atoms. The summed E-state index contributed by atoms with van der Waals surface area (Å²) in [5.41, 5.74) is 8.20. The molecule has 0 saturated carbocycles. The molecule has 0 saturated heterocycles. The van der Waals surface area contributed by atoms with Crippen LogP contribution in [0, 0.1) is 13.8 Å². The van der Waals surface area contributed by atoms with Crippen LogP contribution in [0.1, 0.15) is 41.3 Å². The van der Waals surface area contributed by atoms with Crippen molar-refractivity contribution in [2.45, 2.75) is 46.6 Å². The molecule has 2 aromatic rings. The van der Waals surface area contributed by atoms with Crippen LogP contribution in [0.15, 0.2) is 12.1 Å². The molecule has 1 heterocycles. The van der Waals surface area contributed by atoms with Gasteiger partial charge in [0.2, 0.25) is 0 Å². The fraction of sp³-hybridized carbons (Fsp3) is 0.471.